The highest BCUT2D eigenvalue weighted by Crippen LogP contribution is 2.33. The zero-order chi connectivity index (χ0) is 38.8. The lowest BCUT2D eigenvalue weighted by Crippen LogP contribution is -2.49. The minimum absolute atomic E-state index is 0.00279. The summed E-state index contributed by atoms with van der Waals surface area (Å²) in [6.07, 6.45) is 1.67. The van der Waals surface area contributed by atoms with E-state index >= 15 is 0 Å². The van der Waals surface area contributed by atoms with Crippen molar-refractivity contribution in [1.82, 2.24) is 10.6 Å². The van der Waals surface area contributed by atoms with Crippen LogP contribution in [0, 0.1) is 40.5 Å². The SMILES string of the molecule is CCCCOC(=O)CNC(=O)[C@H](CSc1ccc([N+](=O)[O-])cc1[N+](=O)[O-])NC(=O)CC[C@H](Nc1ccc([N+](=O)[O-])cc1[N+](=O)[O-])C(=O)OCCCC. The quantitative estimate of drug-likeness (QED) is 0.0476. The number of carbonyl (C=O) groups is 4. The van der Waals surface area contributed by atoms with Crippen molar-refractivity contribution in [3.8, 4) is 0 Å². The molecule has 2 atom stereocenters. The van der Waals surface area contributed by atoms with Crippen LogP contribution in [-0.4, -0.2) is 81.0 Å². The molecule has 2 rings (SSSR count). The van der Waals surface area contributed by atoms with Crippen molar-refractivity contribution in [2.75, 3.05) is 30.8 Å². The number of benzene rings is 2. The lowest BCUT2D eigenvalue weighted by Gasteiger charge is -2.21. The number of amides is 2. The van der Waals surface area contributed by atoms with E-state index in [-0.39, 0.29) is 36.0 Å². The molecule has 282 valence electrons. The summed E-state index contributed by atoms with van der Waals surface area (Å²) in [5.41, 5.74) is -2.73. The van der Waals surface area contributed by atoms with Crippen LogP contribution in [0.1, 0.15) is 52.4 Å². The van der Waals surface area contributed by atoms with Gasteiger partial charge in [0.2, 0.25) is 11.8 Å². The summed E-state index contributed by atoms with van der Waals surface area (Å²) < 4.78 is 10.2. The average Bonchev–Trinajstić information content (AvgIpc) is 3.10. The van der Waals surface area contributed by atoms with Crippen LogP contribution in [0.3, 0.4) is 0 Å². The second kappa shape index (κ2) is 21.3. The number of esters is 2. The van der Waals surface area contributed by atoms with E-state index in [1.165, 1.54) is 0 Å². The monoisotopic (exact) mass is 751 g/mol. The summed E-state index contributed by atoms with van der Waals surface area (Å²) in [4.78, 5) is 93.5. The molecule has 0 aliphatic heterocycles. The van der Waals surface area contributed by atoms with Crippen molar-refractivity contribution in [2.24, 2.45) is 0 Å². The lowest BCUT2D eigenvalue weighted by atomic mass is 10.1. The van der Waals surface area contributed by atoms with Gasteiger partial charge < -0.3 is 25.4 Å². The Morgan fingerprint density at radius 2 is 1.35 bits per heavy atom. The van der Waals surface area contributed by atoms with Gasteiger partial charge in [0.05, 0.1) is 49.9 Å². The Hall–Kier alpha value is -5.93. The molecule has 52 heavy (non-hydrogen) atoms. The fraction of sp³-hybridized carbons (Fsp3) is 0.467. The van der Waals surface area contributed by atoms with Crippen molar-refractivity contribution in [2.45, 2.75) is 69.4 Å². The Morgan fingerprint density at radius 1 is 0.769 bits per heavy atom. The summed E-state index contributed by atoms with van der Waals surface area (Å²) in [7, 11) is 0. The van der Waals surface area contributed by atoms with Gasteiger partial charge in [-0.15, -0.1) is 11.8 Å². The van der Waals surface area contributed by atoms with E-state index in [0.29, 0.717) is 25.3 Å². The third-order valence-corrected chi connectivity index (χ3v) is 8.14. The molecular formula is C30H37N7O14S. The molecule has 0 aliphatic carbocycles. The Bertz CT molecular complexity index is 1660. The smallest absolute Gasteiger partial charge is 0.328 e. The zero-order valence-electron chi connectivity index (χ0n) is 28.1. The molecule has 2 aromatic rings. The molecule has 0 bridgehead atoms. The van der Waals surface area contributed by atoms with E-state index in [0.717, 1.165) is 48.5 Å². The van der Waals surface area contributed by atoms with Crippen molar-refractivity contribution in [3.63, 3.8) is 0 Å². The molecule has 22 heteroatoms. The number of ether oxygens (including phenoxy) is 2. The molecule has 3 N–H and O–H groups in total. The molecule has 0 saturated carbocycles. The number of anilines is 1. The second-order valence-electron chi connectivity index (χ2n) is 10.9. The van der Waals surface area contributed by atoms with Gasteiger partial charge in [0.15, 0.2) is 0 Å². The summed E-state index contributed by atoms with van der Waals surface area (Å²) >= 11 is 0.721. The number of unbranched alkanes of at least 4 members (excludes halogenated alkanes) is 2. The maximum atomic E-state index is 13.2. The first-order chi connectivity index (χ1) is 24.7. The fourth-order valence-electron chi connectivity index (χ4n) is 4.21. The van der Waals surface area contributed by atoms with E-state index in [2.05, 4.69) is 16.0 Å². The molecule has 2 aromatic carbocycles. The van der Waals surface area contributed by atoms with E-state index in [1.54, 1.807) is 0 Å². The van der Waals surface area contributed by atoms with E-state index in [1.807, 2.05) is 13.8 Å². The number of hydrogen-bond donors (Lipinski definition) is 3. The van der Waals surface area contributed by atoms with Crippen LogP contribution in [-0.2, 0) is 28.7 Å². The molecule has 0 spiro atoms. The van der Waals surface area contributed by atoms with E-state index in [9.17, 15) is 59.6 Å². The zero-order valence-corrected chi connectivity index (χ0v) is 28.9. The average molecular weight is 752 g/mol. The van der Waals surface area contributed by atoms with Gasteiger partial charge in [-0.1, -0.05) is 26.7 Å². The molecule has 21 nitrogen and oxygen atoms in total. The molecular weight excluding hydrogens is 714 g/mol. The van der Waals surface area contributed by atoms with E-state index in [4.69, 9.17) is 9.47 Å². The van der Waals surface area contributed by atoms with Crippen LogP contribution >= 0.6 is 11.8 Å². The Labute approximate surface area is 299 Å². The number of nitrogens with zero attached hydrogens (tertiary/aromatic N) is 4. The number of nitro groups is 4. The van der Waals surface area contributed by atoms with Crippen molar-refractivity contribution < 1.29 is 48.3 Å². The van der Waals surface area contributed by atoms with Crippen LogP contribution in [0.4, 0.5) is 28.4 Å². The molecule has 0 unspecified atom stereocenters. The van der Waals surface area contributed by atoms with Gasteiger partial charge in [0, 0.05) is 24.3 Å². The summed E-state index contributed by atoms with van der Waals surface area (Å²) in [5, 5.41) is 52.9. The summed E-state index contributed by atoms with van der Waals surface area (Å²) in [6, 6.07) is 2.79. The number of non-ortho nitro benzene ring substituents is 2. The number of hydrogen-bond acceptors (Lipinski definition) is 16. The van der Waals surface area contributed by atoms with Gasteiger partial charge >= 0.3 is 11.9 Å². The van der Waals surface area contributed by atoms with Crippen LogP contribution in [0.2, 0.25) is 0 Å². The van der Waals surface area contributed by atoms with Crippen LogP contribution in [0.25, 0.3) is 0 Å². The second-order valence-corrected chi connectivity index (χ2v) is 11.9. The van der Waals surface area contributed by atoms with Gasteiger partial charge in [0.1, 0.15) is 24.3 Å². The van der Waals surface area contributed by atoms with Gasteiger partial charge in [0.25, 0.3) is 22.7 Å². The fourth-order valence-corrected chi connectivity index (χ4v) is 5.23. The van der Waals surface area contributed by atoms with Gasteiger partial charge in [-0.05, 0) is 31.4 Å². The number of thioether (sulfide) groups is 1. The van der Waals surface area contributed by atoms with Gasteiger partial charge in [-0.25, -0.2) is 4.79 Å². The van der Waals surface area contributed by atoms with Crippen LogP contribution < -0.4 is 16.0 Å². The molecule has 0 heterocycles. The molecule has 0 aromatic heterocycles. The molecule has 0 aliphatic rings. The molecule has 0 fully saturated rings. The first-order valence-corrected chi connectivity index (χ1v) is 16.8. The predicted molar refractivity (Wildman–Crippen MR) is 184 cm³/mol. The summed E-state index contributed by atoms with van der Waals surface area (Å²) in [5.74, 6) is -3.70. The van der Waals surface area contributed by atoms with Gasteiger partial charge in [-0.2, -0.15) is 0 Å². The molecule has 0 radical (unpaired) electrons. The van der Waals surface area contributed by atoms with Crippen LogP contribution in [0.15, 0.2) is 41.3 Å². The number of nitrogens with one attached hydrogen (secondary N) is 3. The highest BCUT2D eigenvalue weighted by atomic mass is 32.2. The maximum Gasteiger partial charge on any atom is 0.328 e. The highest BCUT2D eigenvalue weighted by Gasteiger charge is 2.29. The Kier molecular flexibility index (Phi) is 17.3. The minimum Gasteiger partial charge on any atom is -0.464 e. The first kappa shape index (κ1) is 42.2. The third-order valence-electron chi connectivity index (χ3n) is 6.98. The third kappa shape index (κ3) is 13.8. The number of nitro benzene ring substituents is 4. The molecule has 2 amide bonds. The van der Waals surface area contributed by atoms with Gasteiger partial charge in [-0.3, -0.25) is 54.8 Å². The maximum absolute atomic E-state index is 13.2. The molecule has 0 saturated heterocycles. The number of carbonyl (C=O) groups excluding carboxylic acids is 4. The minimum atomic E-state index is -1.44. The van der Waals surface area contributed by atoms with Crippen molar-refractivity contribution in [1.29, 1.82) is 0 Å². The van der Waals surface area contributed by atoms with Crippen molar-refractivity contribution >= 4 is 64.0 Å². The Balaban J connectivity index is 2.29. The Morgan fingerprint density at radius 3 is 1.92 bits per heavy atom. The predicted octanol–water partition coefficient (Wildman–Crippen LogP) is 3.96. The number of rotatable bonds is 23. The summed E-state index contributed by atoms with van der Waals surface area (Å²) in [6.45, 7) is 3.26. The highest BCUT2D eigenvalue weighted by molar-refractivity contribution is 7.99. The lowest BCUT2D eigenvalue weighted by molar-refractivity contribution is -0.396. The topological polar surface area (TPSA) is 295 Å². The first-order valence-electron chi connectivity index (χ1n) is 15.8. The standard InChI is InChI=1S/C30H37N7O14S/c1-3-5-13-50-28(39)17-31-29(40)23(18-52-26-11-8-20(35(44)45)16-25(26)37(48)49)33-27(38)12-10-22(30(41)51-14-6-4-2)32-21-9-7-19(34(42)43)15-24(21)36(46)47/h7-9,11,15-16,22-23,32H,3-6,10,12-14,17-18H2,1-2H3,(H,31,40)(H,33,38)/t22-,23-/m0/s1. The van der Waals surface area contributed by atoms with E-state index < -0.39 is 91.2 Å². The normalized spacial score (nSPS) is 11.7. The van der Waals surface area contributed by atoms with Crippen molar-refractivity contribution in [3.05, 3.63) is 76.9 Å². The van der Waals surface area contributed by atoms with Crippen LogP contribution in [0.5, 0.6) is 0 Å². The largest absolute Gasteiger partial charge is 0.464 e.